The fourth-order valence-electron chi connectivity index (χ4n) is 2.92. The zero-order valence-electron chi connectivity index (χ0n) is 12.4. The Kier molecular flexibility index (Phi) is 5.06. The van der Waals surface area contributed by atoms with Crippen molar-refractivity contribution in [2.45, 2.75) is 58.3 Å². The molecule has 2 rings (SSSR count). The van der Waals surface area contributed by atoms with Crippen LogP contribution in [0.5, 0.6) is 0 Å². The quantitative estimate of drug-likeness (QED) is 0.897. The predicted molar refractivity (Wildman–Crippen MR) is 82.6 cm³/mol. The highest BCUT2D eigenvalue weighted by molar-refractivity contribution is 6.30. The molecular weight excluding hydrogens is 272 g/mol. The van der Waals surface area contributed by atoms with E-state index in [2.05, 4.69) is 19.2 Å². The van der Waals surface area contributed by atoms with Crippen LogP contribution in [0.1, 0.15) is 51.8 Å². The maximum Gasteiger partial charge on any atom is 0.241 e. The summed E-state index contributed by atoms with van der Waals surface area (Å²) >= 11 is 5.96. The molecule has 0 saturated carbocycles. The van der Waals surface area contributed by atoms with E-state index in [1.807, 2.05) is 36.1 Å². The number of nitrogens with zero attached hydrogens (tertiary/aromatic N) is 1. The summed E-state index contributed by atoms with van der Waals surface area (Å²) in [5.41, 5.74) is 1.10. The molecule has 0 bridgehead atoms. The summed E-state index contributed by atoms with van der Waals surface area (Å²) in [6.45, 7) is 6.32. The van der Waals surface area contributed by atoms with Crippen molar-refractivity contribution in [2.75, 3.05) is 0 Å². The van der Waals surface area contributed by atoms with E-state index in [0.29, 0.717) is 0 Å². The fourth-order valence-corrected chi connectivity index (χ4v) is 3.04. The first-order chi connectivity index (χ1) is 9.62. The molecule has 110 valence electrons. The summed E-state index contributed by atoms with van der Waals surface area (Å²) in [7, 11) is 0. The average molecular weight is 295 g/mol. The lowest BCUT2D eigenvalue weighted by atomic mass is 10.1. The van der Waals surface area contributed by atoms with Crippen LogP contribution < -0.4 is 5.32 Å². The SMILES string of the molecule is CCC1NC(c2ccc(Cl)cc2)N(C(CC)CC)C1=O. The molecule has 1 amide bonds. The second-order valence-electron chi connectivity index (χ2n) is 5.30. The van der Waals surface area contributed by atoms with Crippen molar-refractivity contribution >= 4 is 17.5 Å². The van der Waals surface area contributed by atoms with Crippen LogP contribution in [0, 0.1) is 0 Å². The van der Waals surface area contributed by atoms with Crippen molar-refractivity contribution in [3.8, 4) is 0 Å². The number of carbonyl (C=O) groups is 1. The molecular formula is C16H23ClN2O. The molecule has 1 fully saturated rings. The molecule has 20 heavy (non-hydrogen) atoms. The van der Waals surface area contributed by atoms with Crippen LogP contribution in [0.2, 0.25) is 5.02 Å². The minimum Gasteiger partial charge on any atom is -0.319 e. The third kappa shape index (κ3) is 2.84. The molecule has 1 aliphatic heterocycles. The van der Waals surface area contributed by atoms with Gasteiger partial charge in [-0.05, 0) is 37.0 Å². The lowest BCUT2D eigenvalue weighted by Crippen LogP contribution is -2.39. The maximum atomic E-state index is 12.6. The third-order valence-electron chi connectivity index (χ3n) is 4.12. The number of halogens is 1. The lowest BCUT2D eigenvalue weighted by molar-refractivity contribution is -0.132. The largest absolute Gasteiger partial charge is 0.319 e. The van der Waals surface area contributed by atoms with Crippen molar-refractivity contribution in [3.63, 3.8) is 0 Å². The Morgan fingerprint density at radius 1 is 1.20 bits per heavy atom. The molecule has 1 N–H and O–H groups in total. The first-order valence-corrected chi connectivity index (χ1v) is 7.83. The molecule has 2 unspecified atom stereocenters. The highest BCUT2D eigenvalue weighted by Crippen LogP contribution is 2.31. The smallest absolute Gasteiger partial charge is 0.241 e. The number of nitrogens with one attached hydrogen (secondary N) is 1. The summed E-state index contributed by atoms with van der Waals surface area (Å²) in [5, 5.41) is 4.18. The Morgan fingerprint density at radius 2 is 1.80 bits per heavy atom. The molecule has 3 nitrogen and oxygen atoms in total. The van der Waals surface area contributed by atoms with Crippen molar-refractivity contribution in [3.05, 3.63) is 34.9 Å². The van der Waals surface area contributed by atoms with E-state index < -0.39 is 0 Å². The zero-order chi connectivity index (χ0) is 14.7. The van der Waals surface area contributed by atoms with E-state index in [0.717, 1.165) is 29.8 Å². The van der Waals surface area contributed by atoms with Gasteiger partial charge in [-0.3, -0.25) is 10.1 Å². The third-order valence-corrected chi connectivity index (χ3v) is 4.37. The monoisotopic (exact) mass is 294 g/mol. The number of hydrogen-bond acceptors (Lipinski definition) is 2. The molecule has 1 heterocycles. The second kappa shape index (κ2) is 6.59. The Labute approximate surface area is 126 Å². The molecule has 1 aliphatic rings. The van der Waals surface area contributed by atoms with Crippen LogP contribution in [-0.4, -0.2) is 22.9 Å². The Morgan fingerprint density at radius 3 is 2.30 bits per heavy atom. The normalized spacial score (nSPS) is 22.9. The van der Waals surface area contributed by atoms with E-state index in [1.165, 1.54) is 0 Å². The molecule has 0 spiro atoms. The van der Waals surface area contributed by atoms with Crippen LogP contribution in [0.3, 0.4) is 0 Å². The van der Waals surface area contributed by atoms with Gasteiger partial charge in [-0.25, -0.2) is 0 Å². The Hall–Kier alpha value is -1.06. The van der Waals surface area contributed by atoms with Gasteiger partial charge in [0, 0.05) is 11.1 Å². The van der Waals surface area contributed by atoms with E-state index in [4.69, 9.17) is 11.6 Å². The van der Waals surface area contributed by atoms with E-state index in [9.17, 15) is 4.79 Å². The summed E-state index contributed by atoms with van der Waals surface area (Å²) in [5.74, 6) is 0.223. The number of benzene rings is 1. The Balaban J connectivity index is 2.33. The zero-order valence-corrected chi connectivity index (χ0v) is 13.2. The van der Waals surface area contributed by atoms with E-state index >= 15 is 0 Å². The fraction of sp³-hybridized carbons (Fsp3) is 0.562. The van der Waals surface area contributed by atoms with Gasteiger partial charge in [0.2, 0.25) is 5.91 Å². The van der Waals surface area contributed by atoms with Gasteiger partial charge in [0.15, 0.2) is 0 Å². The van der Waals surface area contributed by atoms with Crippen molar-refractivity contribution in [2.24, 2.45) is 0 Å². The molecule has 4 heteroatoms. The van der Waals surface area contributed by atoms with Gasteiger partial charge in [0.05, 0.1) is 6.04 Å². The van der Waals surface area contributed by atoms with Crippen LogP contribution in [0.25, 0.3) is 0 Å². The molecule has 0 radical (unpaired) electrons. The van der Waals surface area contributed by atoms with Crippen molar-refractivity contribution in [1.29, 1.82) is 0 Å². The summed E-state index contributed by atoms with van der Waals surface area (Å²) in [6.07, 6.45) is 2.74. The highest BCUT2D eigenvalue weighted by Gasteiger charge is 2.41. The minimum atomic E-state index is -0.0729. The van der Waals surface area contributed by atoms with Gasteiger partial charge < -0.3 is 4.90 Å². The van der Waals surface area contributed by atoms with Gasteiger partial charge in [0.25, 0.3) is 0 Å². The second-order valence-corrected chi connectivity index (χ2v) is 5.73. The number of hydrogen-bond donors (Lipinski definition) is 1. The lowest BCUT2D eigenvalue weighted by Gasteiger charge is -2.32. The first kappa shape index (κ1) is 15.3. The summed E-state index contributed by atoms with van der Waals surface area (Å²) in [4.78, 5) is 14.6. The summed E-state index contributed by atoms with van der Waals surface area (Å²) in [6, 6.07) is 7.98. The van der Waals surface area contributed by atoms with Gasteiger partial charge in [-0.1, -0.05) is 44.5 Å². The topological polar surface area (TPSA) is 32.3 Å². The van der Waals surface area contributed by atoms with Crippen LogP contribution >= 0.6 is 11.6 Å². The van der Waals surface area contributed by atoms with Crippen LogP contribution in [-0.2, 0) is 4.79 Å². The van der Waals surface area contributed by atoms with E-state index in [-0.39, 0.29) is 24.2 Å². The van der Waals surface area contributed by atoms with Gasteiger partial charge >= 0.3 is 0 Å². The first-order valence-electron chi connectivity index (χ1n) is 7.46. The highest BCUT2D eigenvalue weighted by atomic mass is 35.5. The molecule has 1 aromatic rings. The molecule has 1 saturated heterocycles. The molecule has 0 aromatic heterocycles. The molecule has 2 atom stereocenters. The van der Waals surface area contributed by atoms with Gasteiger partial charge in [-0.2, -0.15) is 0 Å². The number of carbonyl (C=O) groups excluding carboxylic acids is 1. The molecule has 1 aromatic carbocycles. The van der Waals surface area contributed by atoms with Crippen molar-refractivity contribution in [1.82, 2.24) is 10.2 Å². The van der Waals surface area contributed by atoms with E-state index in [1.54, 1.807) is 0 Å². The average Bonchev–Trinajstić information content (AvgIpc) is 2.79. The van der Waals surface area contributed by atoms with Crippen LogP contribution in [0.4, 0.5) is 0 Å². The summed E-state index contributed by atoms with van der Waals surface area (Å²) < 4.78 is 0. The molecule has 0 aliphatic carbocycles. The Bertz CT molecular complexity index is 456. The predicted octanol–water partition coefficient (Wildman–Crippen LogP) is 3.74. The maximum absolute atomic E-state index is 12.6. The minimum absolute atomic E-state index is 0.0328. The van der Waals surface area contributed by atoms with Gasteiger partial charge in [-0.15, -0.1) is 0 Å². The number of rotatable bonds is 5. The van der Waals surface area contributed by atoms with Crippen LogP contribution in [0.15, 0.2) is 24.3 Å². The standard InChI is InChI=1S/C16H23ClN2O/c1-4-13(5-2)19-15(18-14(6-3)16(19)20)11-7-9-12(17)10-8-11/h7-10,13-15,18H,4-6H2,1-3H3. The van der Waals surface area contributed by atoms with Gasteiger partial charge in [0.1, 0.15) is 6.17 Å². The number of amides is 1. The van der Waals surface area contributed by atoms with Crippen molar-refractivity contribution < 1.29 is 4.79 Å².